The van der Waals surface area contributed by atoms with E-state index >= 15 is 0 Å². The number of nitrogens with zero attached hydrogens (tertiary/aromatic N) is 3. The molecule has 0 spiro atoms. The van der Waals surface area contributed by atoms with Gasteiger partial charge in [0.15, 0.2) is 0 Å². The molecule has 1 aromatic carbocycles. The Morgan fingerprint density at radius 3 is 2.09 bits per heavy atom. The summed E-state index contributed by atoms with van der Waals surface area (Å²) in [4.78, 5) is 23.3. The van der Waals surface area contributed by atoms with E-state index in [2.05, 4.69) is 15.3 Å². The fourth-order valence-electron chi connectivity index (χ4n) is 2.56. The summed E-state index contributed by atoms with van der Waals surface area (Å²) in [6.45, 7) is 11.9. The molecule has 22 heavy (non-hydrogen) atoms. The molecule has 118 valence electrons. The maximum atomic E-state index is 12.4. The number of hydrogen-bond acceptors (Lipinski definition) is 3. The minimum absolute atomic E-state index is 0.0962. The van der Waals surface area contributed by atoms with Gasteiger partial charge in [0.2, 0.25) is 0 Å². The molecule has 0 fully saturated rings. The first-order valence-corrected chi connectivity index (χ1v) is 7.64. The molecule has 0 aliphatic heterocycles. The highest BCUT2D eigenvalue weighted by molar-refractivity contribution is 5.92. The van der Waals surface area contributed by atoms with Gasteiger partial charge in [-0.05, 0) is 59.7 Å². The zero-order chi connectivity index (χ0) is 16.4. The molecule has 5 heteroatoms. The third kappa shape index (κ3) is 3.35. The molecular formula is C17H24N4O. The first kappa shape index (κ1) is 16.2. The number of nitrogens with one attached hydrogen (secondary N) is 1. The Hall–Kier alpha value is -2.17. The highest BCUT2D eigenvalue weighted by Crippen LogP contribution is 2.18. The van der Waals surface area contributed by atoms with Crippen LogP contribution in [0.25, 0.3) is 11.0 Å². The number of anilines is 1. The summed E-state index contributed by atoms with van der Waals surface area (Å²) in [7, 11) is 0. The number of aromatic nitrogens is 2. The number of carbonyl (C=O) groups excluding carboxylic acids is 1. The van der Waals surface area contributed by atoms with Gasteiger partial charge in [0, 0.05) is 17.8 Å². The van der Waals surface area contributed by atoms with Gasteiger partial charge in [-0.25, -0.2) is 14.8 Å². The van der Waals surface area contributed by atoms with Crippen LogP contribution in [0, 0.1) is 13.8 Å². The standard InChI is InChI=1S/C17H24N4O/c1-10(2)21(11(3)4)17(22)20-14-7-8-15-16(9-14)19-13(6)12(5)18-15/h7-11H,1-6H3,(H,20,22). The van der Waals surface area contributed by atoms with E-state index < -0.39 is 0 Å². The van der Waals surface area contributed by atoms with Crippen LogP contribution in [0.4, 0.5) is 10.5 Å². The lowest BCUT2D eigenvalue weighted by atomic mass is 10.2. The van der Waals surface area contributed by atoms with Crippen LogP contribution >= 0.6 is 0 Å². The van der Waals surface area contributed by atoms with Gasteiger partial charge < -0.3 is 10.2 Å². The average molecular weight is 300 g/mol. The Labute approximate surface area is 131 Å². The normalized spacial score (nSPS) is 11.3. The van der Waals surface area contributed by atoms with Crippen molar-refractivity contribution in [2.24, 2.45) is 0 Å². The van der Waals surface area contributed by atoms with Gasteiger partial charge in [-0.1, -0.05) is 0 Å². The van der Waals surface area contributed by atoms with Crippen LogP contribution in [-0.2, 0) is 0 Å². The van der Waals surface area contributed by atoms with Crippen LogP contribution in [0.15, 0.2) is 18.2 Å². The third-order valence-corrected chi connectivity index (χ3v) is 3.67. The molecule has 0 saturated heterocycles. The smallest absolute Gasteiger partial charge is 0.320 e. The number of hydrogen-bond donors (Lipinski definition) is 1. The summed E-state index contributed by atoms with van der Waals surface area (Å²) in [5, 5.41) is 2.95. The fraction of sp³-hybridized carbons (Fsp3) is 0.471. The molecule has 2 amide bonds. The summed E-state index contributed by atoms with van der Waals surface area (Å²) in [5.41, 5.74) is 4.20. The molecular weight excluding hydrogens is 276 g/mol. The first-order valence-electron chi connectivity index (χ1n) is 7.64. The maximum Gasteiger partial charge on any atom is 0.322 e. The van der Waals surface area contributed by atoms with Gasteiger partial charge in [-0.3, -0.25) is 0 Å². The number of benzene rings is 1. The second kappa shape index (κ2) is 6.30. The van der Waals surface area contributed by atoms with Crippen molar-refractivity contribution in [2.75, 3.05) is 5.32 Å². The molecule has 0 saturated carbocycles. The monoisotopic (exact) mass is 300 g/mol. The van der Waals surface area contributed by atoms with E-state index in [4.69, 9.17) is 0 Å². The zero-order valence-electron chi connectivity index (χ0n) is 14.1. The maximum absolute atomic E-state index is 12.4. The molecule has 2 aromatic rings. The Kier molecular flexibility index (Phi) is 4.64. The number of fused-ring (bicyclic) bond motifs is 1. The second-order valence-electron chi connectivity index (χ2n) is 6.12. The van der Waals surface area contributed by atoms with Crippen molar-refractivity contribution in [1.29, 1.82) is 0 Å². The van der Waals surface area contributed by atoms with Crippen molar-refractivity contribution >= 4 is 22.8 Å². The topological polar surface area (TPSA) is 58.1 Å². The zero-order valence-corrected chi connectivity index (χ0v) is 14.1. The quantitative estimate of drug-likeness (QED) is 0.935. The largest absolute Gasteiger partial charge is 0.322 e. The van der Waals surface area contributed by atoms with Crippen molar-refractivity contribution in [2.45, 2.75) is 53.6 Å². The molecule has 0 radical (unpaired) electrons. The summed E-state index contributed by atoms with van der Waals surface area (Å²) >= 11 is 0. The SMILES string of the molecule is Cc1nc2ccc(NC(=O)N(C(C)C)C(C)C)cc2nc1C. The van der Waals surface area contributed by atoms with Crippen LogP contribution in [0.3, 0.4) is 0 Å². The summed E-state index contributed by atoms with van der Waals surface area (Å²) in [5.74, 6) is 0. The Morgan fingerprint density at radius 2 is 1.55 bits per heavy atom. The van der Waals surface area contributed by atoms with Gasteiger partial charge in [0.05, 0.1) is 22.4 Å². The van der Waals surface area contributed by atoms with Crippen molar-refractivity contribution in [1.82, 2.24) is 14.9 Å². The lowest BCUT2D eigenvalue weighted by Gasteiger charge is -2.30. The molecule has 0 aliphatic rings. The van der Waals surface area contributed by atoms with Crippen molar-refractivity contribution in [3.63, 3.8) is 0 Å². The second-order valence-corrected chi connectivity index (χ2v) is 6.12. The Bertz CT molecular complexity index is 686. The summed E-state index contributed by atoms with van der Waals surface area (Å²) in [6.07, 6.45) is 0. The molecule has 0 atom stereocenters. The van der Waals surface area contributed by atoms with Gasteiger partial charge in [-0.2, -0.15) is 0 Å². The van der Waals surface area contributed by atoms with Crippen molar-refractivity contribution in [3.8, 4) is 0 Å². The molecule has 2 rings (SSSR count). The average Bonchev–Trinajstić information content (AvgIpc) is 2.39. The number of urea groups is 1. The van der Waals surface area contributed by atoms with Crippen molar-refractivity contribution in [3.05, 3.63) is 29.6 Å². The van der Waals surface area contributed by atoms with Crippen LogP contribution in [0.2, 0.25) is 0 Å². The van der Waals surface area contributed by atoms with E-state index in [1.807, 2.05) is 64.6 Å². The fourth-order valence-corrected chi connectivity index (χ4v) is 2.56. The number of aryl methyl sites for hydroxylation is 2. The minimum Gasteiger partial charge on any atom is -0.320 e. The van der Waals surface area contributed by atoms with E-state index in [1.165, 1.54) is 0 Å². The van der Waals surface area contributed by atoms with Gasteiger partial charge in [0.1, 0.15) is 0 Å². The molecule has 5 nitrogen and oxygen atoms in total. The Morgan fingerprint density at radius 1 is 1.00 bits per heavy atom. The van der Waals surface area contributed by atoms with Crippen LogP contribution < -0.4 is 5.32 Å². The molecule has 1 aromatic heterocycles. The van der Waals surface area contributed by atoms with E-state index in [9.17, 15) is 4.79 Å². The van der Waals surface area contributed by atoms with E-state index in [0.717, 1.165) is 28.1 Å². The highest BCUT2D eigenvalue weighted by atomic mass is 16.2. The van der Waals surface area contributed by atoms with E-state index in [1.54, 1.807) is 0 Å². The molecule has 0 bridgehead atoms. The molecule has 1 N–H and O–H groups in total. The van der Waals surface area contributed by atoms with E-state index in [0.29, 0.717) is 0 Å². The Balaban J connectivity index is 2.28. The molecule has 1 heterocycles. The first-order chi connectivity index (χ1) is 10.3. The summed E-state index contributed by atoms with van der Waals surface area (Å²) in [6, 6.07) is 5.81. The number of carbonyl (C=O) groups is 1. The van der Waals surface area contributed by atoms with E-state index in [-0.39, 0.29) is 18.1 Å². The lowest BCUT2D eigenvalue weighted by molar-refractivity contribution is 0.178. The van der Waals surface area contributed by atoms with Crippen LogP contribution in [-0.4, -0.2) is 33.0 Å². The predicted molar refractivity (Wildman–Crippen MR) is 90.1 cm³/mol. The highest BCUT2D eigenvalue weighted by Gasteiger charge is 2.20. The van der Waals surface area contributed by atoms with Crippen LogP contribution in [0.5, 0.6) is 0 Å². The summed E-state index contributed by atoms with van der Waals surface area (Å²) < 4.78 is 0. The van der Waals surface area contributed by atoms with Crippen LogP contribution in [0.1, 0.15) is 39.1 Å². The minimum atomic E-state index is -0.0962. The van der Waals surface area contributed by atoms with Gasteiger partial charge in [0.25, 0.3) is 0 Å². The number of rotatable bonds is 3. The van der Waals surface area contributed by atoms with Gasteiger partial charge in [-0.15, -0.1) is 0 Å². The lowest BCUT2D eigenvalue weighted by Crippen LogP contribution is -2.44. The molecule has 0 aliphatic carbocycles. The molecule has 0 unspecified atom stereocenters. The van der Waals surface area contributed by atoms with Gasteiger partial charge >= 0.3 is 6.03 Å². The van der Waals surface area contributed by atoms with Crippen molar-refractivity contribution < 1.29 is 4.79 Å². The third-order valence-electron chi connectivity index (χ3n) is 3.67. The number of amides is 2. The predicted octanol–water partition coefficient (Wildman–Crippen LogP) is 3.90.